The molecule has 1 atom stereocenters. The van der Waals surface area contributed by atoms with Crippen LogP contribution in [0.5, 0.6) is 0 Å². The summed E-state index contributed by atoms with van der Waals surface area (Å²) in [4.78, 5) is 0. The molecular weight excluding hydrogens is 253 g/mol. The van der Waals surface area contributed by atoms with Gasteiger partial charge in [0.15, 0.2) is 0 Å². The smallest absolute Gasteiger partial charge is 0.384 e. The van der Waals surface area contributed by atoms with Gasteiger partial charge in [-0.3, -0.25) is 0 Å². The van der Waals surface area contributed by atoms with Crippen LogP contribution < -0.4 is 0 Å². The lowest BCUT2D eigenvalue weighted by atomic mass is 9.88. The fourth-order valence-electron chi connectivity index (χ4n) is 1.83. The van der Waals surface area contributed by atoms with Gasteiger partial charge in [-0.15, -0.1) is 0 Å². The first-order chi connectivity index (χ1) is 8.85. The number of rotatable bonds is 6. The number of benzene rings is 1. The van der Waals surface area contributed by atoms with Gasteiger partial charge in [-0.25, -0.2) is 0 Å². The van der Waals surface area contributed by atoms with Crippen LogP contribution >= 0.6 is 0 Å². The summed E-state index contributed by atoms with van der Waals surface area (Å²) >= 11 is 0. The normalized spacial score (nSPS) is 13.1. The summed E-state index contributed by atoms with van der Waals surface area (Å²) in [7, 11) is 1.38. The number of hydrogen-bond donors (Lipinski definition) is 0. The molecule has 1 nitrogen and oxygen atoms in total. The fraction of sp³-hybridized carbons (Fsp3) is 0.333. The lowest BCUT2D eigenvalue weighted by molar-refractivity contribution is -0.144. The van der Waals surface area contributed by atoms with Crippen molar-refractivity contribution in [2.75, 3.05) is 13.7 Å². The van der Waals surface area contributed by atoms with Gasteiger partial charge in [-0.1, -0.05) is 43.5 Å². The quantitative estimate of drug-likeness (QED) is 0.693. The summed E-state index contributed by atoms with van der Waals surface area (Å²) in [6, 6.07) is 9.05. The highest BCUT2D eigenvalue weighted by atomic mass is 19.4. The third kappa shape index (κ3) is 4.91. The highest BCUT2D eigenvalue weighted by Gasteiger charge is 2.33. The molecule has 104 valence electrons. The lowest BCUT2D eigenvalue weighted by Crippen LogP contribution is -2.21. The van der Waals surface area contributed by atoms with Crippen LogP contribution in [0.2, 0.25) is 0 Å². The van der Waals surface area contributed by atoms with Gasteiger partial charge in [-0.05, 0) is 16.7 Å². The van der Waals surface area contributed by atoms with E-state index in [1.165, 1.54) is 7.11 Å². The van der Waals surface area contributed by atoms with Gasteiger partial charge in [-0.2, -0.15) is 13.2 Å². The monoisotopic (exact) mass is 270 g/mol. The number of allylic oxidation sites excluding steroid dienone is 1. The van der Waals surface area contributed by atoms with E-state index in [1.54, 1.807) is 12.1 Å². The molecule has 1 aromatic rings. The first-order valence-electron chi connectivity index (χ1n) is 5.84. The Balaban J connectivity index is 2.85. The molecule has 0 aliphatic rings. The van der Waals surface area contributed by atoms with Gasteiger partial charge < -0.3 is 4.74 Å². The van der Waals surface area contributed by atoms with E-state index in [9.17, 15) is 13.2 Å². The van der Waals surface area contributed by atoms with E-state index in [0.717, 1.165) is 5.56 Å². The molecule has 1 unspecified atom stereocenters. The molecule has 4 heteroatoms. The molecule has 0 amide bonds. The standard InChI is InChI=1S/C15H17F3O/c1-11(13-7-5-4-6-8-13)12(2)14(10-19-3)9-15(16,17)18/h4-8,14H,1-2,9-10H2,3H3. The van der Waals surface area contributed by atoms with Crippen molar-refractivity contribution in [3.63, 3.8) is 0 Å². The topological polar surface area (TPSA) is 9.23 Å². The van der Waals surface area contributed by atoms with Crippen molar-refractivity contribution in [1.82, 2.24) is 0 Å². The molecule has 19 heavy (non-hydrogen) atoms. The van der Waals surface area contributed by atoms with Gasteiger partial charge >= 0.3 is 6.18 Å². The van der Waals surface area contributed by atoms with Crippen molar-refractivity contribution in [2.24, 2.45) is 5.92 Å². The minimum atomic E-state index is -4.25. The summed E-state index contributed by atoms with van der Waals surface area (Å²) in [5, 5.41) is 0. The van der Waals surface area contributed by atoms with Crippen molar-refractivity contribution in [2.45, 2.75) is 12.6 Å². The zero-order valence-corrected chi connectivity index (χ0v) is 10.8. The first-order valence-corrected chi connectivity index (χ1v) is 5.84. The molecule has 0 heterocycles. The minimum absolute atomic E-state index is 0.0236. The summed E-state index contributed by atoms with van der Waals surface area (Å²) in [5.74, 6) is -0.808. The predicted molar refractivity (Wildman–Crippen MR) is 70.7 cm³/mol. The van der Waals surface area contributed by atoms with Crippen molar-refractivity contribution >= 4 is 5.57 Å². The molecule has 0 spiro atoms. The third-order valence-corrected chi connectivity index (χ3v) is 2.85. The molecule has 0 aliphatic heterocycles. The van der Waals surface area contributed by atoms with Gasteiger partial charge in [0.05, 0.1) is 13.0 Å². The maximum Gasteiger partial charge on any atom is 0.389 e. The summed E-state index contributed by atoms with van der Waals surface area (Å²) in [5.41, 5.74) is 1.66. The number of alkyl halides is 3. The average Bonchev–Trinajstić information content (AvgIpc) is 2.36. The largest absolute Gasteiger partial charge is 0.389 e. The molecule has 0 fully saturated rings. The van der Waals surface area contributed by atoms with Gasteiger partial charge in [0.25, 0.3) is 0 Å². The van der Waals surface area contributed by atoms with Crippen LogP contribution in [0.25, 0.3) is 5.57 Å². The van der Waals surface area contributed by atoms with E-state index in [-0.39, 0.29) is 6.61 Å². The molecule has 0 bridgehead atoms. The van der Waals surface area contributed by atoms with Crippen LogP contribution in [0.3, 0.4) is 0 Å². The van der Waals surface area contributed by atoms with Crippen molar-refractivity contribution < 1.29 is 17.9 Å². The number of halogens is 3. The summed E-state index contributed by atoms with van der Waals surface area (Å²) in [6.07, 6.45) is -5.20. The Morgan fingerprint density at radius 3 is 2.26 bits per heavy atom. The molecule has 1 rings (SSSR count). The second-order valence-electron chi connectivity index (χ2n) is 4.34. The van der Waals surface area contributed by atoms with Crippen LogP contribution in [0, 0.1) is 5.92 Å². The molecular formula is C15H17F3O. The average molecular weight is 270 g/mol. The molecule has 0 N–H and O–H groups in total. The Morgan fingerprint density at radius 2 is 1.79 bits per heavy atom. The number of hydrogen-bond acceptors (Lipinski definition) is 1. The highest BCUT2D eigenvalue weighted by Crippen LogP contribution is 2.34. The summed E-state index contributed by atoms with van der Waals surface area (Å²) in [6.45, 7) is 7.57. The Hall–Kier alpha value is -1.55. The van der Waals surface area contributed by atoms with Crippen LogP contribution in [0.4, 0.5) is 13.2 Å². The van der Waals surface area contributed by atoms with E-state index in [0.29, 0.717) is 11.1 Å². The van der Waals surface area contributed by atoms with E-state index in [2.05, 4.69) is 13.2 Å². The second-order valence-corrected chi connectivity index (χ2v) is 4.34. The third-order valence-electron chi connectivity index (χ3n) is 2.85. The lowest BCUT2D eigenvalue weighted by Gasteiger charge is -2.22. The zero-order chi connectivity index (χ0) is 14.5. The minimum Gasteiger partial charge on any atom is -0.384 e. The number of ether oxygens (including phenoxy) is 1. The van der Waals surface area contributed by atoms with Crippen molar-refractivity contribution in [1.29, 1.82) is 0 Å². The highest BCUT2D eigenvalue weighted by molar-refractivity contribution is 5.77. The van der Waals surface area contributed by atoms with E-state index in [4.69, 9.17) is 4.74 Å². The Bertz CT molecular complexity index is 434. The van der Waals surface area contributed by atoms with Gasteiger partial charge in [0, 0.05) is 13.0 Å². The van der Waals surface area contributed by atoms with Gasteiger partial charge in [0.1, 0.15) is 0 Å². The second kappa shape index (κ2) is 6.57. The maximum atomic E-state index is 12.5. The van der Waals surface area contributed by atoms with Crippen molar-refractivity contribution in [3.8, 4) is 0 Å². The Morgan fingerprint density at radius 1 is 1.21 bits per heavy atom. The maximum absolute atomic E-state index is 12.5. The van der Waals surface area contributed by atoms with E-state index >= 15 is 0 Å². The molecule has 0 radical (unpaired) electrons. The van der Waals surface area contributed by atoms with E-state index < -0.39 is 18.5 Å². The SMILES string of the molecule is C=C(C(=C)C(COC)CC(F)(F)F)c1ccccc1. The molecule has 0 saturated carbocycles. The van der Waals surface area contributed by atoms with E-state index in [1.807, 2.05) is 18.2 Å². The van der Waals surface area contributed by atoms with Crippen LogP contribution in [0.1, 0.15) is 12.0 Å². The molecule has 0 aromatic heterocycles. The van der Waals surface area contributed by atoms with Gasteiger partial charge in [0.2, 0.25) is 0 Å². The predicted octanol–water partition coefficient (Wildman–Crippen LogP) is 4.47. The van der Waals surface area contributed by atoms with Crippen molar-refractivity contribution in [3.05, 3.63) is 54.6 Å². The fourth-order valence-corrected chi connectivity index (χ4v) is 1.83. The van der Waals surface area contributed by atoms with Crippen LogP contribution in [-0.4, -0.2) is 19.9 Å². The molecule has 1 aromatic carbocycles. The molecule has 0 aliphatic carbocycles. The van der Waals surface area contributed by atoms with Crippen LogP contribution in [0.15, 0.2) is 49.1 Å². The summed E-state index contributed by atoms with van der Waals surface area (Å²) < 4.78 is 42.4. The van der Waals surface area contributed by atoms with Crippen LogP contribution in [-0.2, 0) is 4.74 Å². The zero-order valence-electron chi connectivity index (χ0n) is 10.8. The Labute approximate surface area is 111 Å². The molecule has 0 saturated heterocycles. The first kappa shape index (κ1) is 15.5. The Kier molecular flexibility index (Phi) is 5.36. The number of methoxy groups -OCH3 is 1.